The zero-order valence-electron chi connectivity index (χ0n) is 25.8. The summed E-state index contributed by atoms with van der Waals surface area (Å²) in [5.74, 6) is 0.683. The van der Waals surface area contributed by atoms with E-state index in [0.717, 1.165) is 68.8 Å². The Labute approximate surface area is 267 Å². The van der Waals surface area contributed by atoms with Crippen molar-refractivity contribution in [2.75, 3.05) is 63.1 Å². The molecule has 5 aliphatic rings. The van der Waals surface area contributed by atoms with Crippen molar-refractivity contribution in [1.82, 2.24) is 15.0 Å². The van der Waals surface area contributed by atoms with Gasteiger partial charge in [0, 0.05) is 73.1 Å². The molecule has 2 aliphatic carbocycles. The number of piperazine rings is 1. The second kappa shape index (κ2) is 11.5. The maximum absolute atomic E-state index is 14.0. The number of aromatic nitrogens is 1. The Hall–Kier alpha value is -4.30. The van der Waals surface area contributed by atoms with Crippen LogP contribution in [0, 0.1) is 0 Å². The second-order valence-corrected chi connectivity index (χ2v) is 14.1. The van der Waals surface area contributed by atoms with Crippen LogP contribution in [0.25, 0.3) is 11.3 Å². The van der Waals surface area contributed by atoms with E-state index in [0.29, 0.717) is 24.3 Å². The number of carbonyl (C=O) groups is 2. The summed E-state index contributed by atoms with van der Waals surface area (Å²) < 4.78 is 47.6. The second-order valence-electron chi connectivity index (χ2n) is 12.5. The quantitative estimate of drug-likeness (QED) is 0.362. The van der Waals surface area contributed by atoms with Gasteiger partial charge in [-0.3, -0.25) is 19.2 Å². The minimum absolute atomic E-state index is 0.0241. The van der Waals surface area contributed by atoms with Gasteiger partial charge in [-0.25, -0.2) is 8.42 Å². The first-order chi connectivity index (χ1) is 22.2. The normalized spacial score (nSPS) is 21.7. The molecule has 8 rings (SSSR count). The van der Waals surface area contributed by atoms with E-state index in [1.54, 1.807) is 0 Å². The van der Waals surface area contributed by atoms with Gasteiger partial charge in [0.15, 0.2) is 16.5 Å². The SMILES string of the molecule is COc1cc(C(=O)N2CCN3CC[C@@H]2C3)cc(OC)c1S(=O)(=O)Nc1noc2c1CC1(CC1)c1ccc(N3CCC3)cc1-2.O=CO. The number of fused-ring (bicyclic) bond motifs is 6. The lowest BCUT2D eigenvalue weighted by Gasteiger charge is -2.34. The fourth-order valence-corrected chi connectivity index (χ4v) is 8.66. The number of nitrogens with one attached hydrogen (secondary N) is 1. The zero-order valence-corrected chi connectivity index (χ0v) is 26.6. The van der Waals surface area contributed by atoms with Gasteiger partial charge < -0.3 is 28.9 Å². The lowest BCUT2D eigenvalue weighted by Crippen LogP contribution is -2.49. The third-order valence-electron chi connectivity index (χ3n) is 10.0. The van der Waals surface area contributed by atoms with Crippen LogP contribution in [0.4, 0.5) is 11.5 Å². The molecule has 1 spiro atoms. The van der Waals surface area contributed by atoms with Crippen molar-refractivity contribution >= 4 is 33.9 Å². The molecule has 2 atom stereocenters. The number of amides is 1. The Bertz CT molecular complexity index is 1770. The molecule has 3 saturated heterocycles. The van der Waals surface area contributed by atoms with E-state index in [2.05, 4.69) is 37.9 Å². The summed E-state index contributed by atoms with van der Waals surface area (Å²) in [4.78, 5) is 28.3. The first-order valence-corrected chi connectivity index (χ1v) is 17.0. The first-order valence-electron chi connectivity index (χ1n) is 15.5. The van der Waals surface area contributed by atoms with Gasteiger partial charge in [-0.1, -0.05) is 11.2 Å². The topological polar surface area (TPSA) is 155 Å². The lowest BCUT2D eigenvalue weighted by atomic mass is 9.79. The summed E-state index contributed by atoms with van der Waals surface area (Å²) in [6.45, 7) is 5.14. The Morgan fingerprint density at radius 3 is 2.43 bits per heavy atom. The van der Waals surface area contributed by atoms with Crippen LogP contribution in [0.3, 0.4) is 0 Å². The largest absolute Gasteiger partial charge is 0.495 e. The van der Waals surface area contributed by atoms with Gasteiger partial charge in [0.1, 0.15) is 11.5 Å². The number of rotatable bonds is 7. The molecule has 13 nitrogen and oxygen atoms in total. The molecule has 4 heterocycles. The van der Waals surface area contributed by atoms with E-state index in [1.165, 1.54) is 38.3 Å². The molecule has 2 N–H and O–H groups in total. The molecule has 0 radical (unpaired) electrons. The van der Waals surface area contributed by atoms with Crippen LogP contribution in [0.15, 0.2) is 39.8 Å². The Morgan fingerprint density at radius 1 is 1.09 bits per heavy atom. The molecule has 2 bridgehead atoms. The molecule has 1 amide bonds. The molecule has 3 aliphatic heterocycles. The van der Waals surface area contributed by atoms with Crippen molar-refractivity contribution in [2.45, 2.75) is 48.5 Å². The third kappa shape index (κ3) is 5.03. The highest BCUT2D eigenvalue weighted by Crippen LogP contribution is 2.59. The number of benzene rings is 2. The van der Waals surface area contributed by atoms with Gasteiger partial charge in [-0.05, 0) is 61.9 Å². The number of hydrogen-bond donors (Lipinski definition) is 2. The fourth-order valence-electron chi connectivity index (χ4n) is 7.33. The Balaban J connectivity index is 0.00000109. The number of carbonyl (C=O) groups excluding carboxylic acids is 1. The molecular weight excluding hydrogens is 614 g/mol. The fraction of sp³-hybridized carbons (Fsp3) is 0.469. The van der Waals surface area contributed by atoms with Gasteiger partial charge in [-0.2, -0.15) is 0 Å². The number of sulfonamides is 1. The zero-order chi connectivity index (χ0) is 32.2. The minimum atomic E-state index is -4.25. The van der Waals surface area contributed by atoms with Crippen molar-refractivity contribution in [3.63, 3.8) is 0 Å². The molecule has 3 aromatic rings. The smallest absolute Gasteiger partial charge is 0.290 e. The van der Waals surface area contributed by atoms with Crippen LogP contribution < -0.4 is 19.1 Å². The number of methoxy groups -OCH3 is 2. The maximum atomic E-state index is 14.0. The predicted octanol–water partition coefficient (Wildman–Crippen LogP) is 3.19. The van der Waals surface area contributed by atoms with Gasteiger partial charge in [0.25, 0.3) is 22.4 Å². The van der Waals surface area contributed by atoms with E-state index in [9.17, 15) is 13.2 Å². The van der Waals surface area contributed by atoms with Crippen molar-refractivity contribution in [1.29, 1.82) is 0 Å². The molecule has 244 valence electrons. The standard InChI is InChI=1S/C31H35N5O6S.CH2O2/c1-40-25-14-19(30(37)36-13-12-34-11-6-21(36)18-34)15-26(41-2)28(25)43(38,39)33-29-23-17-31(7-8-31)24-5-4-20(35-9-3-10-35)16-22(24)27(23)42-32-29;2-1-3/h4-5,14-16,21H,3,6-13,17-18H2,1-2H3,(H,32,33);1H,(H,2,3)/t21-;/m1./s1. The van der Waals surface area contributed by atoms with Crippen molar-refractivity contribution in [2.24, 2.45) is 0 Å². The highest BCUT2D eigenvalue weighted by molar-refractivity contribution is 7.93. The molecular formula is C32H37N5O8S. The van der Waals surface area contributed by atoms with Crippen LogP contribution in [0.5, 0.6) is 11.5 Å². The van der Waals surface area contributed by atoms with E-state index >= 15 is 0 Å². The summed E-state index contributed by atoms with van der Waals surface area (Å²) >= 11 is 0. The molecule has 14 heteroatoms. The summed E-state index contributed by atoms with van der Waals surface area (Å²) in [6.07, 6.45) is 4.83. The Morgan fingerprint density at radius 2 is 1.80 bits per heavy atom. The highest BCUT2D eigenvalue weighted by atomic mass is 32.2. The summed E-state index contributed by atoms with van der Waals surface area (Å²) in [7, 11) is -1.47. The van der Waals surface area contributed by atoms with Crippen LogP contribution in [0.1, 0.15) is 47.2 Å². The number of nitrogens with zero attached hydrogens (tertiary/aromatic N) is 4. The predicted molar refractivity (Wildman–Crippen MR) is 168 cm³/mol. The monoisotopic (exact) mass is 651 g/mol. The number of anilines is 2. The van der Waals surface area contributed by atoms with Crippen molar-refractivity contribution in [3.05, 3.63) is 47.0 Å². The van der Waals surface area contributed by atoms with Crippen LogP contribution in [-0.2, 0) is 26.7 Å². The van der Waals surface area contributed by atoms with E-state index in [-0.39, 0.29) is 46.0 Å². The van der Waals surface area contributed by atoms with Crippen LogP contribution in [0.2, 0.25) is 0 Å². The number of hydrogen-bond acceptors (Lipinski definition) is 10. The molecule has 1 saturated carbocycles. The summed E-state index contributed by atoms with van der Waals surface area (Å²) in [5.41, 5.74) is 4.45. The van der Waals surface area contributed by atoms with Gasteiger partial charge >= 0.3 is 0 Å². The Kier molecular flexibility index (Phi) is 7.59. The first kappa shape index (κ1) is 30.4. The van der Waals surface area contributed by atoms with E-state index in [1.807, 2.05) is 4.90 Å². The van der Waals surface area contributed by atoms with Gasteiger partial charge in [0.2, 0.25) is 0 Å². The average molecular weight is 652 g/mol. The van der Waals surface area contributed by atoms with Crippen LogP contribution in [-0.4, -0.2) is 100 Å². The molecule has 1 aromatic heterocycles. The minimum Gasteiger partial charge on any atom is -0.495 e. The van der Waals surface area contributed by atoms with Gasteiger partial charge in [-0.15, -0.1) is 0 Å². The molecule has 46 heavy (non-hydrogen) atoms. The summed E-state index contributed by atoms with van der Waals surface area (Å²) in [6, 6.07) is 9.68. The van der Waals surface area contributed by atoms with Crippen LogP contribution >= 0.6 is 0 Å². The third-order valence-corrected chi connectivity index (χ3v) is 11.4. The maximum Gasteiger partial charge on any atom is 0.290 e. The van der Waals surface area contributed by atoms with E-state index in [4.69, 9.17) is 23.9 Å². The highest BCUT2D eigenvalue weighted by Gasteiger charge is 2.51. The van der Waals surface area contributed by atoms with Gasteiger partial charge in [0.05, 0.1) is 14.2 Å². The number of ether oxygens (including phenoxy) is 2. The van der Waals surface area contributed by atoms with Crippen molar-refractivity contribution < 1.29 is 37.1 Å². The molecule has 4 fully saturated rings. The van der Waals surface area contributed by atoms with E-state index < -0.39 is 10.0 Å². The van der Waals surface area contributed by atoms with Crippen molar-refractivity contribution in [3.8, 4) is 22.8 Å². The number of carboxylic acid groups (broad SMARTS) is 1. The molecule has 2 aromatic carbocycles. The lowest BCUT2D eigenvalue weighted by molar-refractivity contribution is -0.122. The average Bonchev–Trinajstić information content (AvgIpc) is 3.54. The molecule has 1 unspecified atom stereocenters. The summed E-state index contributed by atoms with van der Waals surface area (Å²) in [5, 5.41) is 11.1.